The molecule has 3 aliphatic rings. The van der Waals surface area contributed by atoms with Gasteiger partial charge in [-0.05, 0) is 91.3 Å². The number of hydrogen-bond acceptors (Lipinski definition) is 4. The molecule has 2 aromatic rings. The maximum absolute atomic E-state index is 13.2. The molecular weight excluding hydrogens is 404 g/mol. The van der Waals surface area contributed by atoms with Crippen LogP contribution in [0.2, 0.25) is 0 Å². The van der Waals surface area contributed by atoms with E-state index in [9.17, 15) is 9.00 Å². The minimum atomic E-state index is -3.25. The van der Waals surface area contributed by atoms with Crippen molar-refractivity contribution in [2.75, 3.05) is 5.32 Å². The van der Waals surface area contributed by atoms with Gasteiger partial charge in [-0.1, -0.05) is 6.92 Å². The van der Waals surface area contributed by atoms with E-state index in [1.807, 2.05) is 5.38 Å². The lowest BCUT2D eigenvalue weighted by Gasteiger charge is -2.16. The van der Waals surface area contributed by atoms with Crippen LogP contribution in [-0.4, -0.2) is 15.2 Å². The van der Waals surface area contributed by atoms with Gasteiger partial charge in [0.2, 0.25) is 0 Å². The first-order valence-electron chi connectivity index (χ1n) is 10.4. The van der Waals surface area contributed by atoms with Crippen LogP contribution in [0.15, 0.2) is 14.0 Å². The van der Waals surface area contributed by atoms with Crippen molar-refractivity contribution in [3.63, 3.8) is 0 Å². The fourth-order valence-corrected chi connectivity index (χ4v) is 7.63. The van der Waals surface area contributed by atoms with Gasteiger partial charge in [-0.2, -0.15) is 0 Å². The summed E-state index contributed by atoms with van der Waals surface area (Å²) in [6.07, 6.45) is 8.91. The van der Waals surface area contributed by atoms with E-state index >= 15 is 0 Å². The van der Waals surface area contributed by atoms with E-state index in [4.69, 9.17) is 10.1 Å². The first-order chi connectivity index (χ1) is 13.9. The fraction of sp³-hybridized carbons (Fsp3) is 0.524. The van der Waals surface area contributed by atoms with Gasteiger partial charge in [-0.25, -0.2) is 14.1 Å². The molecule has 5 rings (SSSR count). The molecule has 0 fully saturated rings. The van der Waals surface area contributed by atoms with E-state index in [2.05, 4.69) is 16.6 Å². The smallest absolute Gasteiger partial charge is 0.305 e. The number of fused-ring (bicyclic) bond motifs is 3. The van der Waals surface area contributed by atoms with Gasteiger partial charge in [0.25, 0.3) is 0 Å². The van der Waals surface area contributed by atoms with Crippen LogP contribution in [0.4, 0.5) is 10.5 Å². The van der Waals surface area contributed by atoms with Crippen LogP contribution in [-0.2, 0) is 42.0 Å². The molecule has 8 heteroatoms. The number of carbonyl (C=O) groups excluding carboxylic acids is 1. The van der Waals surface area contributed by atoms with Crippen LogP contribution >= 0.6 is 11.3 Å². The summed E-state index contributed by atoms with van der Waals surface area (Å²) >= 11 is 1.38. The highest BCUT2D eigenvalue weighted by atomic mass is 32.2. The molecule has 2 atom stereocenters. The first kappa shape index (κ1) is 19.2. The van der Waals surface area contributed by atoms with Gasteiger partial charge in [0.05, 0.1) is 5.69 Å². The number of nitrogens with zero attached hydrogens (tertiary/aromatic N) is 2. The molecule has 0 aromatic carbocycles. The first-order valence-corrected chi connectivity index (χ1v) is 12.9. The van der Waals surface area contributed by atoms with Crippen molar-refractivity contribution < 1.29 is 9.00 Å². The van der Waals surface area contributed by atoms with E-state index in [0.717, 1.165) is 91.6 Å². The summed E-state index contributed by atoms with van der Waals surface area (Å²) in [4.78, 5) is 17.7. The van der Waals surface area contributed by atoms with Gasteiger partial charge in [-0.15, -0.1) is 15.7 Å². The van der Waals surface area contributed by atoms with Crippen molar-refractivity contribution in [2.45, 2.75) is 74.8 Å². The second-order valence-electron chi connectivity index (χ2n) is 8.39. The van der Waals surface area contributed by atoms with Gasteiger partial charge >= 0.3 is 6.03 Å². The Hall–Kier alpha value is -1.77. The second kappa shape index (κ2) is 7.18. The third-order valence-corrected chi connectivity index (χ3v) is 9.51. The lowest BCUT2D eigenvalue weighted by atomic mass is 9.96. The molecule has 0 aliphatic heterocycles. The molecule has 0 radical (unpaired) electrons. The number of rotatable bonds is 2. The zero-order valence-corrected chi connectivity index (χ0v) is 18.3. The van der Waals surface area contributed by atoms with Crippen LogP contribution in [0.1, 0.15) is 72.2 Å². The van der Waals surface area contributed by atoms with Crippen molar-refractivity contribution >= 4 is 33.0 Å². The van der Waals surface area contributed by atoms with E-state index in [-0.39, 0.29) is 0 Å². The average molecular weight is 431 g/mol. The molecule has 0 saturated carbocycles. The largest absolute Gasteiger partial charge is 0.354 e. The summed E-state index contributed by atoms with van der Waals surface area (Å²) in [6, 6.07) is -0.613. The molecule has 154 valence electrons. The van der Waals surface area contributed by atoms with E-state index in [1.54, 1.807) is 0 Å². The summed E-state index contributed by atoms with van der Waals surface area (Å²) in [5.74, 6) is 0.403. The maximum Gasteiger partial charge on any atom is 0.354 e. The van der Waals surface area contributed by atoms with Crippen molar-refractivity contribution in [3.05, 3.63) is 39.0 Å². The van der Waals surface area contributed by atoms with E-state index in [0.29, 0.717) is 10.1 Å². The molecule has 0 saturated heterocycles. The number of hydrogen-bond donors (Lipinski definition) is 2. The Balaban J connectivity index is 1.50. The molecule has 2 unspecified atom stereocenters. The van der Waals surface area contributed by atoms with Crippen molar-refractivity contribution in [1.29, 1.82) is 0 Å². The zero-order valence-electron chi connectivity index (χ0n) is 16.6. The highest BCUT2D eigenvalue weighted by Gasteiger charge is 2.30. The second-order valence-corrected chi connectivity index (χ2v) is 11.3. The number of urea groups is 1. The predicted octanol–water partition coefficient (Wildman–Crippen LogP) is 4.49. The fourth-order valence-electron chi connectivity index (χ4n) is 4.98. The highest BCUT2D eigenvalue weighted by Crippen LogP contribution is 2.41. The van der Waals surface area contributed by atoms with Crippen molar-refractivity contribution in [1.82, 2.24) is 4.98 Å². The third-order valence-electron chi connectivity index (χ3n) is 6.43. The summed E-state index contributed by atoms with van der Waals surface area (Å²) < 4.78 is 17.7. The summed E-state index contributed by atoms with van der Waals surface area (Å²) in [6.45, 7) is 2.18. The molecule has 6 nitrogen and oxygen atoms in total. The number of carbonyl (C=O) groups is 1. The van der Waals surface area contributed by atoms with Gasteiger partial charge < -0.3 is 5.32 Å². The van der Waals surface area contributed by atoms with Crippen molar-refractivity contribution in [3.8, 4) is 0 Å². The molecule has 0 spiro atoms. The molecule has 2 heterocycles. The summed E-state index contributed by atoms with van der Waals surface area (Å²) in [7, 11) is -3.25. The monoisotopic (exact) mass is 430 g/mol. The number of amides is 2. The number of aromatic nitrogens is 1. The lowest BCUT2D eigenvalue weighted by molar-refractivity contribution is 0.260. The number of pyridine rings is 1. The summed E-state index contributed by atoms with van der Waals surface area (Å²) in [5.41, 5.74) is 7.55. The minimum absolute atomic E-state index is 0.403. The Bertz CT molecular complexity index is 1130. The van der Waals surface area contributed by atoms with E-state index < -0.39 is 15.9 Å². The highest BCUT2D eigenvalue weighted by molar-refractivity contribution is 7.93. The van der Waals surface area contributed by atoms with Crippen LogP contribution in [0.5, 0.6) is 0 Å². The normalized spacial score (nSPS) is 21.8. The quantitative estimate of drug-likeness (QED) is 0.734. The van der Waals surface area contributed by atoms with Crippen LogP contribution in [0, 0.1) is 0 Å². The molecule has 2 aromatic heterocycles. The Morgan fingerprint density at radius 2 is 1.97 bits per heavy atom. The van der Waals surface area contributed by atoms with Crippen LogP contribution in [0.3, 0.4) is 0 Å². The van der Waals surface area contributed by atoms with Gasteiger partial charge in [-0.3, -0.25) is 4.98 Å². The molecule has 29 heavy (non-hydrogen) atoms. The number of anilines is 1. The number of thiophene rings is 1. The molecule has 3 aliphatic carbocycles. The van der Waals surface area contributed by atoms with Crippen LogP contribution < -0.4 is 10.5 Å². The zero-order chi connectivity index (χ0) is 20.2. The molecule has 0 bridgehead atoms. The Morgan fingerprint density at radius 3 is 2.83 bits per heavy atom. The van der Waals surface area contributed by atoms with Crippen LogP contribution in [0.25, 0.3) is 0 Å². The molecular formula is C21H26N4O2S2. The Labute approximate surface area is 175 Å². The van der Waals surface area contributed by atoms with Crippen molar-refractivity contribution in [2.24, 2.45) is 9.50 Å². The SMILES string of the molecule is CC1CCc2c1nc1c(c2NC(=O)N=S(N)(=O)c2scc3c2CCCC3)CCC1. The summed E-state index contributed by atoms with van der Waals surface area (Å²) in [5, 5.41) is 11.1. The van der Waals surface area contributed by atoms with E-state index in [1.165, 1.54) is 16.9 Å². The van der Waals surface area contributed by atoms with Gasteiger partial charge in [0, 0.05) is 11.4 Å². The third kappa shape index (κ3) is 3.31. The number of nitrogens with one attached hydrogen (secondary N) is 1. The Morgan fingerprint density at radius 1 is 1.17 bits per heavy atom. The van der Waals surface area contributed by atoms with Gasteiger partial charge in [0.1, 0.15) is 4.21 Å². The standard InChI is InChI=1S/C21H26N4O2S2/c1-12-9-10-16-18(12)23-17-8-4-7-15(17)19(16)24-21(26)25-29(22,27)20-14-6-3-2-5-13(14)11-28-20/h11-12H,2-10H2,1H3,(H3,22,23,24,25,26,27). The number of aryl methyl sites for hydroxylation is 2. The average Bonchev–Trinajstić information content (AvgIpc) is 3.40. The lowest BCUT2D eigenvalue weighted by Crippen LogP contribution is -2.20. The maximum atomic E-state index is 13.2. The Kier molecular flexibility index (Phi) is 4.75. The minimum Gasteiger partial charge on any atom is -0.305 e. The topological polar surface area (TPSA) is 97.4 Å². The predicted molar refractivity (Wildman–Crippen MR) is 116 cm³/mol. The van der Waals surface area contributed by atoms with Gasteiger partial charge in [0.15, 0.2) is 9.92 Å². The molecule has 3 N–H and O–H groups in total. The molecule has 2 amide bonds. The number of nitrogens with two attached hydrogens (primary N) is 1.